The van der Waals surface area contributed by atoms with Crippen LogP contribution in [0.1, 0.15) is 34.6 Å². The third-order valence-electron chi connectivity index (χ3n) is 3.87. The zero-order valence-electron chi connectivity index (χ0n) is 10.8. The third-order valence-corrected chi connectivity index (χ3v) is 3.87. The molecule has 0 bridgehead atoms. The van der Waals surface area contributed by atoms with Gasteiger partial charge in [-0.15, -0.1) is 0 Å². The highest BCUT2D eigenvalue weighted by Gasteiger charge is 2.22. The summed E-state index contributed by atoms with van der Waals surface area (Å²) in [6, 6.07) is 17.6. The van der Waals surface area contributed by atoms with E-state index < -0.39 is 0 Å². The molecule has 0 saturated carbocycles. The second-order valence-corrected chi connectivity index (χ2v) is 5.28. The van der Waals surface area contributed by atoms with Gasteiger partial charge in [0.1, 0.15) is 0 Å². The molecule has 0 nitrogen and oxygen atoms in total. The molecule has 18 heavy (non-hydrogen) atoms. The van der Waals surface area contributed by atoms with Gasteiger partial charge < -0.3 is 0 Å². The van der Waals surface area contributed by atoms with Gasteiger partial charge in [-0.25, -0.2) is 0 Å². The van der Waals surface area contributed by atoms with Gasteiger partial charge >= 0.3 is 0 Å². The number of aryl methyl sites for hydroxylation is 1. The van der Waals surface area contributed by atoms with Crippen molar-refractivity contribution in [1.82, 2.24) is 0 Å². The van der Waals surface area contributed by atoms with Crippen LogP contribution in [-0.4, -0.2) is 0 Å². The Labute approximate surface area is 109 Å². The van der Waals surface area contributed by atoms with Crippen LogP contribution < -0.4 is 0 Å². The van der Waals surface area contributed by atoms with Crippen molar-refractivity contribution in [3.8, 4) is 0 Å². The van der Waals surface area contributed by atoms with Crippen LogP contribution in [0.25, 0.3) is 5.57 Å². The first-order valence-corrected chi connectivity index (χ1v) is 6.56. The summed E-state index contributed by atoms with van der Waals surface area (Å²) in [7, 11) is 0. The number of benzene rings is 2. The number of hydrogen-bond donors (Lipinski definition) is 0. The normalized spacial score (nSPS) is 18.5. The zero-order valence-corrected chi connectivity index (χ0v) is 10.8. The second-order valence-electron chi connectivity index (χ2n) is 5.28. The minimum atomic E-state index is 0.590. The van der Waals surface area contributed by atoms with E-state index in [9.17, 15) is 0 Å². The van der Waals surface area contributed by atoms with E-state index >= 15 is 0 Å². The van der Waals surface area contributed by atoms with Gasteiger partial charge in [0.25, 0.3) is 0 Å². The number of rotatable bonds is 1. The van der Waals surface area contributed by atoms with E-state index in [0.29, 0.717) is 5.92 Å². The highest BCUT2D eigenvalue weighted by Crippen LogP contribution is 2.38. The van der Waals surface area contributed by atoms with E-state index in [1.807, 2.05) is 0 Å². The van der Waals surface area contributed by atoms with E-state index in [1.54, 1.807) is 0 Å². The van der Waals surface area contributed by atoms with Crippen LogP contribution in [0.2, 0.25) is 0 Å². The number of fused-ring (bicyclic) bond motifs is 1. The Balaban J connectivity index is 1.97. The summed E-state index contributed by atoms with van der Waals surface area (Å²) in [6.07, 6.45) is 2.22. The molecule has 3 rings (SSSR count). The molecule has 0 fully saturated rings. The van der Waals surface area contributed by atoms with Crippen molar-refractivity contribution in [3.05, 3.63) is 77.4 Å². The quantitative estimate of drug-likeness (QED) is 0.668. The molecular weight excluding hydrogens is 216 g/mol. The zero-order chi connectivity index (χ0) is 12.5. The minimum absolute atomic E-state index is 0.590. The summed E-state index contributed by atoms with van der Waals surface area (Å²) in [5, 5.41) is 0. The fourth-order valence-corrected chi connectivity index (χ4v) is 2.95. The highest BCUT2D eigenvalue weighted by molar-refractivity contribution is 5.69. The molecule has 2 aromatic carbocycles. The molecule has 0 amide bonds. The molecule has 0 N–H and O–H groups in total. The van der Waals surface area contributed by atoms with Crippen LogP contribution in [-0.2, 0) is 6.42 Å². The number of hydrogen-bond acceptors (Lipinski definition) is 0. The average Bonchev–Trinajstić information content (AvgIpc) is 2.39. The van der Waals surface area contributed by atoms with Crippen LogP contribution in [0, 0.1) is 6.92 Å². The predicted octanol–water partition coefficient (Wildman–Crippen LogP) is 4.74. The molecule has 1 unspecified atom stereocenters. The molecular formula is C18H18. The van der Waals surface area contributed by atoms with Crippen molar-refractivity contribution in [2.75, 3.05) is 0 Å². The van der Waals surface area contributed by atoms with E-state index in [4.69, 9.17) is 0 Å². The van der Waals surface area contributed by atoms with Crippen LogP contribution in [0.3, 0.4) is 0 Å². The summed E-state index contributed by atoms with van der Waals surface area (Å²) in [5.41, 5.74) is 6.88. The molecule has 0 spiro atoms. The molecule has 0 heterocycles. The fourth-order valence-electron chi connectivity index (χ4n) is 2.95. The molecule has 90 valence electrons. The van der Waals surface area contributed by atoms with Crippen LogP contribution >= 0.6 is 0 Å². The Hall–Kier alpha value is -1.82. The lowest BCUT2D eigenvalue weighted by Gasteiger charge is -2.27. The molecule has 1 aliphatic carbocycles. The third kappa shape index (κ3) is 1.99. The van der Waals surface area contributed by atoms with Gasteiger partial charge in [-0.05, 0) is 47.9 Å². The molecule has 1 atom stereocenters. The lowest BCUT2D eigenvalue weighted by Crippen LogP contribution is -2.11. The summed E-state index contributed by atoms with van der Waals surface area (Å²) >= 11 is 0. The maximum absolute atomic E-state index is 4.25. The van der Waals surface area contributed by atoms with Gasteiger partial charge in [-0.1, -0.05) is 60.7 Å². The van der Waals surface area contributed by atoms with Crippen molar-refractivity contribution in [2.24, 2.45) is 0 Å². The van der Waals surface area contributed by atoms with Crippen molar-refractivity contribution in [2.45, 2.75) is 25.7 Å². The van der Waals surface area contributed by atoms with Crippen molar-refractivity contribution >= 4 is 5.57 Å². The van der Waals surface area contributed by atoms with E-state index in [-0.39, 0.29) is 0 Å². The van der Waals surface area contributed by atoms with Crippen LogP contribution in [0.4, 0.5) is 0 Å². The highest BCUT2D eigenvalue weighted by atomic mass is 14.3. The molecule has 0 aliphatic heterocycles. The molecule has 0 saturated heterocycles. The minimum Gasteiger partial charge on any atom is -0.0952 e. The fraction of sp³-hybridized carbons (Fsp3) is 0.222. The van der Waals surface area contributed by atoms with Crippen molar-refractivity contribution in [1.29, 1.82) is 0 Å². The van der Waals surface area contributed by atoms with Crippen molar-refractivity contribution in [3.63, 3.8) is 0 Å². The number of allylic oxidation sites excluding steroid dienone is 1. The van der Waals surface area contributed by atoms with Gasteiger partial charge in [-0.2, -0.15) is 0 Å². The predicted molar refractivity (Wildman–Crippen MR) is 77.7 cm³/mol. The molecule has 0 aromatic heterocycles. The van der Waals surface area contributed by atoms with E-state index in [0.717, 1.165) is 12.8 Å². The van der Waals surface area contributed by atoms with Gasteiger partial charge in [0.2, 0.25) is 0 Å². The van der Waals surface area contributed by atoms with Gasteiger partial charge in [0.05, 0.1) is 0 Å². The van der Waals surface area contributed by atoms with Crippen molar-refractivity contribution < 1.29 is 0 Å². The van der Waals surface area contributed by atoms with Crippen LogP contribution in [0.15, 0.2) is 55.1 Å². The Bertz CT molecular complexity index is 592. The molecule has 1 aliphatic rings. The van der Waals surface area contributed by atoms with Crippen LogP contribution in [0.5, 0.6) is 0 Å². The lowest BCUT2D eigenvalue weighted by atomic mass is 9.78. The Kier molecular flexibility index (Phi) is 2.79. The summed E-state index contributed by atoms with van der Waals surface area (Å²) in [5.74, 6) is 0.590. The molecule has 0 heteroatoms. The largest absolute Gasteiger partial charge is 0.0952 e. The molecule has 0 radical (unpaired) electrons. The standard InChI is InChI=1S/C18H18/c1-13-6-5-8-15(10-13)17-11-14(2)18-9-4-3-7-16(18)12-17/h3-10,17H,2,11-12H2,1H3. The summed E-state index contributed by atoms with van der Waals surface area (Å²) in [6.45, 7) is 6.42. The first kappa shape index (κ1) is 11.3. The van der Waals surface area contributed by atoms with Gasteiger partial charge in [0.15, 0.2) is 0 Å². The van der Waals surface area contributed by atoms with Gasteiger partial charge in [0, 0.05) is 0 Å². The first-order chi connectivity index (χ1) is 8.74. The second kappa shape index (κ2) is 4.45. The first-order valence-electron chi connectivity index (χ1n) is 6.56. The Morgan fingerprint density at radius 1 is 1.00 bits per heavy atom. The average molecular weight is 234 g/mol. The SMILES string of the molecule is C=C1CC(c2cccc(C)c2)Cc2ccccc21. The maximum atomic E-state index is 4.25. The summed E-state index contributed by atoms with van der Waals surface area (Å²) in [4.78, 5) is 0. The Morgan fingerprint density at radius 2 is 1.83 bits per heavy atom. The molecule has 2 aromatic rings. The van der Waals surface area contributed by atoms with E-state index in [2.05, 4.69) is 62.0 Å². The topological polar surface area (TPSA) is 0 Å². The Morgan fingerprint density at radius 3 is 2.67 bits per heavy atom. The smallest absolute Gasteiger partial charge is 0.00807 e. The monoisotopic (exact) mass is 234 g/mol. The maximum Gasteiger partial charge on any atom is -0.00807 e. The van der Waals surface area contributed by atoms with E-state index in [1.165, 1.54) is 27.8 Å². The lowest BCUT2D eigenvalue weighted by molar-refractivity contribution is 0.684. The van der Waals surface area contributed by atoms with Gasteiger partial charge in [-0.3, -0.25) is 0 Å². The summed E-state index contributed by atoms with van der Waals surface area (Å²) < 4.78 is 0.